The number of hydrogen-bond donors (Lipinski definition) is 2. The van der Waals surface area contributed by atoms with Crippen LogP contribution in [0.15, 0.2) is 94.1 Å². The number of nitrogens with one attached hydrogen (secondary N) is 1. The Morgan fingerprint density at radius 1 is 0.902 bits per heavy atom. The number of benzene rings is 4. The van der Waals surface area contributed by atoms with Gasteiger partial charge in [0.2, 0.25) is 5.91 Å². The van der Waals surface area contributed by atoms with Crippen molar-refractivity contribution in [1.29, 1.82) is 0 Å². The Balaban J connectivity index is 1.18. The Morgan fingerprint density at radius 3 is 2.12 bits per heavy atom. The van der Waals surface area contributed by atoms with Crippen LogP contribution in [0.2, 0.25) is 0 Å². The number of aliphatic hydroxyl groups is 1. The van der Waals surface area contributed by atoms with Crippen molar-refractivity contribution in [3.05, 3.63) is 134 Å². The van der Waals surface area contributed by atoms with Crippen molar-refractivity contribution in [2.75, 3.05) is 45.4 Å². The fourth-order valence-corrected chi connectivity index (χ4v) is 7.78. The van der Waals surface area contributed by atoms with E-state index in [0.717, 1.165) is 72.0 Å². The molecule has 0 bridgehead atoms. The standard InChI is InChI=1S/C42H44N2O7/c1-27-36-23-28-9-7-21-44-22-8-12-35(39(28)44)40(36)51-41(47)37(27)24-38(46)43-32(25-45)26-50-42(29-10-5-4-6-11-29,30-13-17-33(48-2)18-14-30)31-15-19-34(49-3)20-16-31/h4-6,10-11,13-20,23,32,45H,7-9,12,21-22,24-26H2,1-3H3,(H,43,46). The van der Waals surface area contributed by atoms with E-state index in [-0.39, 0.29) is 19.6 Å². The maximum Gasteiger partial charge on any atom is 0.340 e. The molecule has 1 amide bonds. The summed E-state index contributed by atoms with van der Waals surface area (Å²) in [6.45, 7) is 3.53. The third-order valence-electron chi connectivity index (χ3n) is 10.4. The highest BCUT2D eigenvalue weighted by Gasteiger charge is 2.39. The van der Waals surface area contributed by atoms with Crippen LogP contribution in [-0.2, 0) is 34.4 Å². The van der Waals surface area contributed by atoms with Crippen LogP contribution >= 0.6 is 0 Å². The predicted octanol–water partition coefficient (Wildman–Crippen LogP) is 5.85. The molecular formula is C42H44N2O7. The van der Waals surface area contributed by atoms with E-state index in [9.17, 15) is 14.7 Å². The lowest BCUT2D eigenvalue weighted by atomic mass is 9.80. The number of ether oxygens (including phenoxy) is 3. The molecule has 51 heavy (non-hydrogen) atoms. The lowest BCUT2D eigenvalue weighted by molar-refractivity contribution is -0.122. The summed E-state index contributed by atoms with van der Waals surface area (Å²) in [6, 6.07) is 26.5. The lowest BCUT2D eigenvalue weighted by Crippen LogP contribution is -2.45. The number of carbonyl (C=O) groups excluding carboxylic acids is 1. The van der Waals surface area contributed by atoms with Crippen molar-refractivity contribution in [3.63, 3.8) is 0 Å². The highest BCUT2D eigenvalue weighted by atomic mass is 16.5. The molecule has 4 aromatic carbocycles. The van der Waals surface area contributed by atoms with Crippen LogP contribution in [0.5, 0.6) is 11.5 Å². The Kier molecular flexibility index (Phi) is 9.84. The summed E-state index contributed by atoms with van der Waals surface area (Å²) in [5, 5.41) is 14.3. The van der Waals surface area contributed by atoms with E-state index < -0.39 is 23.2 Å². The first kappa shape index (κ1) is 34.3. The van der Waals surface area contributed by atoms with Crippen molar-refractivity contribution < 1.29 is 28.5 Å². The normalized spacial score (nSPS) is 14.5. The summed E-state index contributed by atoms with van der Waals surface area (Å²) >= 11 is 0. The fourth-order valence-electron chi connectivity index (χ4n) is 7.78. The molecule has 1 atom stereocenters. The summed E-state index contributed by atoms with van der Waals surface area (Å²) in [6.07, 6.45) is 3.79. The van der Waals surface area contributed by atoms with Crippen molar-refractivity contribution in [2.24, 2.45) is 0 Å². The van der Waals surface area contributed by atoms with E-state index in [2.05, 4.69) is 16.3 Å². The van der Waals surface area contributed by atoms with Crippen molar-refractivity contribution in [2.45, 2.75) is 50.7 Å². The van der Waals surface area contributed by atoms with Crippen LogP contribution in [0.25, 0.3) is 11.0 Å². The van der Waals surface area contributed by atoms with Gasteiger partial charge in [-0.05, 0) is 90.8 Å². The number of anilines is 1. The predicted molar refractivity (Wildman–Crippen MR) is 197 cm³/mol. The van der Waals surface area contributed by atoms with Crippen LogP contribution in [0.1, 0.15) is 51.8 Å². The molecular weight excluding hydrogens is 644 g/mol. The summed E-state index contributed by atoms with van der Waals surface area (Å²) in [7, 11) is 3.24. The van der Waals surface area contributed by atoms with Crippen LogP contribution < -0.4 is 25.3 Å². The number of nitrogens with zero attached hydrogens (tertiary/aromatic N) is 1. The van der Waals surface area contributed by atoms with E-state index >= 15 is 0 Å². The van der Waals surface area contributed by atoms with E-state index in [4.69, 9.17) is 18.6 Å². The molecule has 0 radical (unpaired) electrons. The smallest absolute Gasteiger partial charge is 0.340 e. The zero-order valence-electron chi connectivity index (χ0n) is 29.4. The largest absolute Gasteiger partial charge is 0.497 e. The summed E-state index contributed by atoms with van der Waals surface area (Å²) in [5.41, 5.74) is 6.24. The minimum atomic E-state index is -1.12. The quantitative estimate of drug-likeness (QED) is 0.124. The molecule has 0 saturated heterocycles. The first-order valence-corrected chi connectivity index (χ1v) is 17.6. The Morgan fingerprint density at radius 2 is 1.51 bits per heavy atom. The molecule has 264 valence electrons. The second-order valence-electron chi connectivity index (χ2n) is 13.4. The maximum atomic E-state index is 13.6. The van der Waals surface area contributed by atoms with Crippen molar-refractivity contribution in [3.8, 4) is 11.5 Å². The molecule has 2 N–H and O–H groups in total. The Hall–Kier alpha value is -5.12. The van der Waals surface area contributed by atoms with Gasteiger partial charge in [0, 0.05) is 29.7 Å². The van der Waals surface area contributed by atoms with E-state index in [1.807, 2.05) is 85.8 Å². The number of hydrogen-bond acceptors (Lipinski definition) is 8. The van der Waals surface area contributed by atoms with Gasteiger partial charge >= 0.3 is 5.63 Å². The highest BCUT2D eigenvalue weighted by molar-refractivity contribution is 5.92. The summed E-state index contributed by atoms with van der Waals surface area (Å²) in [4.78, 5) is 29.5. The number of fused-ring (bicyclic) bond motifs is 2. The van der Waals surface area contributed by atoms with E-state index in [1.165, 1.54) is 11.3 Å². The topological polar surface area (TPSA) is 110 Å². The van der Waals surface area contributed by atoms with Gasteiger partial charge in [0.1, 0.15) is 22.7 Å². The third kappa shape index (κ3) is 6.48. The number of rotatable bonds is 12. The zero-order chi connectivity index (χ0) is 35.5. The van der Waals surface area contributed by atoms with Gasteiger partial charge in [-0.3, -0.25) is 4.79 Å². The molecule has 1 aromatic heterocycles. The number of aryl methyl sites for hydroxylation is 3. The average Bonchev–Trinajstić information content (AvgIpc) is 3.17. The third-order valence-corrected chi connectivity index (χ3v) is 10.4. The molecule has 2 aliphatic heterocycles. The number of amides is 1. The van der Waals surface area contributed by atoms with Gasteiger partial charge in [-0.2, -0.15) is 0 Å². The molecule has 9 heteroatoms. The van der Waals surface area contributed by atoms with Crippen LogP contribution in [0.4, 0.5) is 5.69 Å². The summed E-state index contributed by atoms with van der Waals surface area (Å²) in [5.74, 6) is 0.994. The minimum Gasteiger partial charge on any atom is -0.497 e. The van der Waals surface area contributed by atoms with Crippen molar-refractivity contribution >= 4 is 22.6 Å². The lowest BCUT2D eigenvalue weighted by Gasteiger charge is -2.37. The van der Waals surface area contributed by atoms with Gasteiger partial charge in [-0.15, -0.1) is 0 Å². The van der Waals surface area contributed by atoms with E-state index in [0.29, 0.717) is 22.6 Å². The van der Waals surface area contributed by atoms with Crippen LogP contribution in [0.3, 0.4) is 0 Å². The van der Waals surface area contributed by atoms with Gasteiger partial charge in [0.05, 0.1) is 45.5 Å². The van der Waals surface area contributed by atoms with Crippen molar-refractivity contribution in [1.82, 2.24) is 5.32 Å². The van der Waals surface area contributed by atoms with Crippen LogP contribution in [0, 0.1) is 6.92 Å². The van der Waals surface area contributed by atoms with Gasteiger partial charge in [0.25, 0.3) is 0 Å². The van der Waals surface area contributed by atoms with E-state index in [1.54, 1.807) is 14.2 Å². The fraction of sp³-hybridized carbons (Fsp3) is 0.333. The molecule has 0 aliphatic carbocycles. The second-order valence-corrected chi connectivity index (χ2v) is 13.4. The SMILES string of the molecule is COc1ccc(C(OCC(CO)NC(=O)Cc2c(C)c3cc4c5c(c3oc2=O)CCCN5CCC4)(c2ccccc2)c2ccc(OC)cc2)cc1. The first-order chi connectivity index (χ1) is 24.9. The molecule has 9 nitrogen and oxygen atoms in total. The minimum absolute atomic E-state index is 0.0352. The highest BCUT2D eigenvalue weighted by Crippen LogP contribution is 2.43. The molecule has 0 spiro atoms. The summed E-state index contributed by atoms with van der Waals surface area (Å²) < 4.78 is 23.8. The molecule has 1 unspecified atom stereocenters. The molecule has 3 heterocycles. The molecule has 0 fully saturated rings. The number of carbonyl (C=O) groups is 1. The molecule has 5 aromatic rings. The average molecular weight is 689 g/mol. The maximum absolute atomic E-state index is 13.6. The zero-order valence-corrected chi connectivity index (χ0v) is 29.4. The number of methoxy groups -OCH3 is 2. The molecule has 0 saturated carbocycles. The monoisotopic (exact) mass is 688 g/mol. The van der Waals surface area contributed by atoms with Gasteiger partial charge < -0.3 is 34.0 Å². The Labute approximate surface area is 297 Å². The van der Waals surface area contributed by atoms with Crippen LogP contribution in [-0.4, -0.2) is 57.6 Å². The van der Waals surface area contributed by atoms with Gasteiger partial charge in [0.15, 0.2) is 0 Å². The van der Waals surface area contributed by atoms with Gasteiger partial charge in [-0.1, -0.05) is 54.6 Å². The molecule has 2 aliphatic rings. The second kappa shape index (κ2) is 14.6. The Bertz CT molecular complexity index is 2020. The number of aliphatic hydroxyl groups excluding tert-OH is 1. The van der Waals surface area contributed by atoms with Gasteiger partial charge in [-0.25, -0.2) is 4.79 Å². The first-order valence-electron chi connectivity index (χ1n) is 17.6. The molecule has 7 rings (SSSR count).